The smallest absolute Gasteiger partial charge is 0.0386 e. The molecule has 0 aromatic heterocycles. The van der Waals surface area contributed by atoms with E-state index in [1.165, 1.54) is 55.3 Å². The van der Waals surface area contributed by atoms with Crippen LogP contribution < -0.4 is 5.73 Å². The number of rotatable bonds is 3. The first-order valence-corrected chi connectivity index (χ1v) is 9.71. The van der Waals surface area contributed by atoms with Crippen LogP contribution >= 0.6 is 0 Å². The third-order valence-electron chi connectivity index (χ3n) is 6.51. The van der Waals surface area contributed by atoms with Crippen molar-refractivity contribution in [1.82, 2.24) is 9.80 Å². The lowest BCUT2D eigenvalue weighted by Gasteiger charge is -2.45. The van der Waals surface area contributed by atoms with Crippen molar-refractivity contribution in [3.05, 3.63) is 41.6 Å². The summed E-state index contributed by atoms with van der Waals surface area (Å²) in [6.45, 7) is 10.3. The quantitative estimate of drug-likeness (QED) is 0.854. The monoisotopic (exact) mass is 325 g/mol. The van der Waals surface area contributed by atoms with Crippen LogP contribution in [0.1, 0.15) is 56.2 Å². The standard InChI is InChI=1S/C21H31N3/c1-15-14-23(11-12-24(15)16(2)17-5-3-4-6-17)21-10-8-18-7-9-19(22)13-20(18)21/h7,9,13,15,17,21H,2-6,8,10-12,14,22H2,1H3/t15-,21?/m0/s1. The average molecular weight is 326 g/mol. The lowest BCUT2D eigenvalue weighted by Crippen LogP contribution is -2.52. The zero-order valence-corrected chi connectivity index (χ0v) is 15.0. The third kappa shape index (κ3) is 2.83. The molecule has 0 amide bonds. The first kappa shape index (κ1) is 16.0. The molecule has 2 N–H and O–H groups in total. The Labute approximate surface area is 146 Å². The van der Waals surface area contributed by atoms with Crippen LogP contribution in [0.15, 0.2) is 30.5 Å². The maximum absolute atomic E-state index is 6.04. The molecule has 24 heavy (non-hydrogen) atoms. The van der Waals surface area contributed by atoms with Crippen molar-refractivity contribution in [2.24, 2.45) is 5.92 Å². The maximum atomic E-state index is 6.04. The Morgan fingerprint density at radius 3 is 2.71 bits per heavy atom. The summed E-state index contributed by atoms with van der Waals surface area (Å²) in [5.74, 6) is 0.742. The molecule has 2 aliphatic carbocycles. The summed E-state index contributed by atoms with van der Waals surface area (Å²) < 4.78 is 0. The van der Waals surface area contributed by atoms with Gasteiger partial charge in [0.2, 0.25) is 0 Å². The lowest BCUT2D eigenvalue weighted by atomic mass is 9.99. The fraction of sp³-hybridized carbons (Fsp3) is 0.619. The molecule has 0 bridgehead atoms. The highest BCUT2D eigenvalue weighted by Gasteiger charge is 2.34. The highest BCUT2D eigenvalue weighted by molar-refractivity contribution is 5.48. The molecule has 0 radical (unpaired) electrons. The molecule has 2 atom stereocenters. The molecule has 3 aliphatic rings. The van der Waals surface area contributed by atoms with Crippen LogP contribution in [0.25, 0.3) is 0 Å². The number of anilines is 1. The summed E-state index contributed by atoms with van der Waals surface area (Å²) in [4.78, 5) is 5.29. The Hall–Kier alpha value is -1.48. The van der Waals surface area contributed by atoms with Gasteiger partial charge < -0.3 is 10.6 Å². The van der Waals surface area contributed by atoms with E-state index in [9.17, 15) is 0 Å². The van der Waals surface area contributed by atoms with Gasteiger partial charge in [0.1, 0.15) is 0 Å². The molecule has 3 heteroatoms. The van der Waals surface area contributed by atoms with Crippen LogP contribution in [0.3, 0.4) is 0 Å². The molecule has 1 aromatic carbocycles. The topological polar surface area (TPSA) is 32.5 Å². The molecule has 1 unspecified atom stereocenters. The van der Waals surface area contributed by atoms with E-state index < -0.39 is 0 Å². The zero-order valence-electron chi connectivity index (χ0n) is 15.0. The molecular formula is C21H31N3. The number of allylic oxidation sites excluding steroid dienone is 1. The van der Waals surface area contributed by atoms with Crippen molar-refractivity contribution in [2.45, 2.75) is 57.5 Å². The van der Waals surface area contributed by atoms with Gasteiger partial charge in [0, 0.05) is 43.1 Å². The second kappa shape index (κ2) is 6.44. The summed E-state index contributed by atoms with van der Waals surface area (Å²) in [5, 5.41) is 0. The van der Waals surface area contributed by atoms with Gasteiger partial charge >= 0.3 is 0 Å². The number of hydrogen-bond donors (Lipinski definition) is 1. The zero-order chi connectivity index (χ0) is 16.7. The van der Waals surface area contributed by atoms with Crippen LogP contribution in [-0.2, 0) is 6.42 Å². The SMILES string of the molecule is C=C(C1CCCC1)N1CCN(C2CCc3ccc(N)cc32)C[C@@H]1C. The fourth-order valence-electron chi connectivity index (χ4n) is 5.17. The Balaban J connectivity index is 1.44. The van der Waals surface area contributed by atoms with E-state index in [0.717, 1.165) is 31.2 Å². The van der Waals surface area contributed by atoms with E-state index >= 15 is 0 Å². The van der Waals surface area contributed by atoms with Crippen LogP contribution in [-0.4, -0.2) is 35.5 Å². The number of hydrogen-bond acceptors (Lipinski definition) is 3. The largest absolute Gasteiger partial charge is 0.399 e. The number of nitrogens with two attached hydrogens (primary N) is 1. The highest BCUT2D eigenvalue weighted by Crippen LogP contribution is 2.39. The first-order valence-electron chi connectivity index (χ1n) is 9.71. The predicted molar refractivity (Wildman–Crippen MR) is 101 cm³/mol. The number of fused-ring (bicyclic) bond motifs is 1. The summed E-state index contributed by atoms with van der Waals surface area (Å²) in [5.41, 5.74) is 11.3. The van der Waals surface area contributed by atoms with Crippen LogP contribution in [0.5, 0.6) is 0 Å². The van der Waals surface area contributed by atoms with Gasteiger partial charge in [-0.25, -0.2) is 0 Å². The molecule has 1 aliphatic heterocycles. The van der Waals surface area contributed by atoms with Gasteiger partial charge in [0.25, 0.3) is 0 Å². The average Bonchev–Trinajstić information content (AvgIpc) is 3.23. The van der Waals surface area contributed by atoms with Gasteiger partial charge in [0.05, 0.1) is 0 Å². The molecular weight excluding hydrogens is 294 g/mol. The van der Waals surface area contributed by atoms with E-state index in [4.69, 9.17) is 5.73 Å². The van der Waals surface area contributed by atoms with E-state index in [1.807, 2.05) is 6.07 Å². The van der Waals surface area contributed by atoms with E-state index in [-0.39, 0.29) is 0 Å². The van der Waals surface area contributed by atoms with Crippen molar-refractivity contribution in [3.63, 3.8) is 0 Å². The molecule has 1 heterocycles. The molecule has 1 aromatic rings. The summed E-state index contributed by atoms with van der Waals surface area (Å²) in [7, 11) is 0. The number of aryl methyl sites for hydroxylation is 1. The minimum Gasteiger partial charge on any atom is -0.399 e. The molecule has 1 saturated heterocycles. The van der Waals surface area contributed by atoms with E-state index in [2.05, 4.69) is 35.4 Å². The molecule has 4 rings (SSSR count). The first-order chi connectivity index (χ1) is 11.6. The van der Waals surface area contributed by atoms with Gasteiger partial charge in [-0.05, 0) is 61.8 Å². The Kier molecular flexibility index (Phi) is 4.29. The van der Waals surface area contributed by atoms with Gasteiger partial charge in [-0.3, -0.25) is 4.90 Å². The number of benzene rings is 1. The van der Waals surface area contributed by atoms with E-state index in [1.54, 1.807) is 0 Å². The van der Waals surface area contributed by atoms with Gasteiger partial charge in [-0.15, -0.1) is 0 Å². The Bertz CT molecular complexity index is 618. The highest BCUT2D eigenvalue weighted by atomic mass is 15.3. The fourth-order valence-corrected chi connectivity index (χ4v) is 5.17. The van der Waals surface area contributed by atoms with Crippen LogP contribution in [0.2, 0.25) is 0 Å². The third-order valence-corrected chi connectivity index (χ3v) is 6.51. The second-order valence-electron chi connectivity index (χ2n) is 8.02. The molecule has 0 spiro atoms. The normalized spacial score (nSPS) is 28.3. The lowest BCUT2D eigenvalue weighted by molar-refractivity contribution is 0.0697. The van der Waals surface area contributed by atoms with Gasteiger partial charge in [-0.2, -0.15) is 0 Å². The second-order valence-corrected chi connectivity index (χ2v) is 8.02. The Morgan fingerprint density at radius 1 is 1.17 bits per heavy atom. The molecule has 3 nitrogen and oxygen atoms in total. The van der Waals surface area contributed by atoms with Gasteiger partial charge in [-0.1, -0.05) is 25.5 Å². The van der Waals surface area contributed by atoms with E-state index in [0.29, 0.717) is 12.1 Å². The number of nitrogens with zero attached hydrogens (tertiary/aromatic N) is 2. The molecule has 130 valence electrons. The minimum absolute atomic E-state index is 0.563. The molecule has 1 saturated carbocycles. The van der Waals surface area contributed by atoms with Crippen molar-refractivity contribution in [2.75, 3.05) is 25.4 Å². The maximum Gasteiger partial charge on any atom is 0.0386 e. The van der Waals surface area contributed by atoms with Crippen molar-refractivity contribution in [3.8, 4) is 0 Å². The van der Waals surface area contributed by atoms with Crippen LogP contribution in [0, 0.1) is 5.92 Å². The summed E-state index contributed by atoms with van der Waals surface area (Å²) >= 11 is 0. The molecule has 2 fully saturated rings. The summed E-state index contributed by atoms with van der Waals surface area (Å²) in [6.07, 6.45) is 7.91. The van der Waals surface area contributed by atoms with Crippen molar-refractivity contribution < 1.29 is 0 Å². The predicted octanol–water partition coefficient (Wildman–Crippen LogP) is 3.97. The van der Waals surface area contributed by atoms with Crippen LogP contribution in [0.4, 0.5) is 5.69 Å². The minimum atomic E-state index is 0.563. The summed E-state index contributed by atoms with van der Waals surface area (Å²) in [6, 6.07) is 7.62. The van der Waals surface area contributed by atoms with Crippen molar-refractivity contribution >= 4 is 5.69 Å². The Morgan fingerprint density at radius 2 is 1.96 bits per heavy atom. The number of nitrogen functional groups attached to an aromatic ring is 1. The number of piperazine rings is 1. The van der Waals surface area contributed by atoms with Gasteiger partial charge in [0.15, 0.2) is 0 Å². The van der Waals surface area contributed by atoms with Crippen molar-refractivity contribution in [1.29, 1.82) is 0 Å².